The molecule has 0 bridgehead atoms. The topological polar surface area (TPSA) is 54.5 Å². The van der Waals surface area contributed by atoms with Crippen LogP contribution < -0.4 is 5.32 Å². The molecule has 1 aromatic rings. The number of carbonyl (C=O) groups is 1. The van der Waals surface area contributed by atoms with Crippen molar-refractivity contribution < 1.29 is 9.53 Å². The molecular formula is C16H25N3O2S. The van der Waals surface area contributed by atoms with E-state index in [1.54, 1.807) is 11.3 Å². The van der Waals surface area contributed by atoms with Gasteiger partial charge in [0.15, 0.2) is 0 Å². The van der Waals surface area contributed by atoms with Gasteiger partial charge in [0, 0.05) is 30.6 Å². The number of likely N-dealkylation sites (tertiary alicyclic amines) is 1. The van der Waals surface area contributed by atoms with E-state index in [0.29, 0.717) is 17.9 Å². The predicted octanol–water partition coefficient (Wildman–Crippen LogP) is 2.97. The number of carbonyl (C=O) groups excluding carboxylic acids is 1. The van der Waals surface area contributed by atoms with Crippen LogP contribution in [0.1, 0.15) is 44.4 Å². The third-order valence-corrected chi connectivity index (χ3v) is 5.16. The lowest BCUT2D eigenvalue weighted by Gasteiger charge is -2.26. The molecule has 3 unspecified atom stereocenters. The minimum Gasteiger partial charge on any atom is -0.444 e. The third-order valence-electron chi connectivity index (χ3n) is 4.37. The molecule has 5 nitrogen and oxygen atoms in total. The fourth-order valence-corrected chi connectivity index (χ4v) is 3.91. The maximum Gasteiger partial charge on any atom is 0.410 e. The summed E-state index contributed by atoms with van der Waals surface area (Å²) < 4.78 is 5.44. The Morgan fingerprint density at radius 3 is 2.59 bits per heavy atom. The number of nitrogens with one attached hydrogen (secondary N) is 1. The highest BCUT2D eigenvalue weighted by Gasteiger charge is 2.57. The van der Waals surface area contributed by atoms with E-state index in [0.717, 1.165) is 23.8 Å². The lowest BCUT2D eigenvalue weighted by molar-refractivity contribution is 0.0268. The quantitative estimate of drug-likeness (QED) is 0.929. The van der Waals surface area contributed by atoms with Gasteiger partial charge in [0.2, 0.25) is 0 Å². The Labute approximate surface area is 136 Å². The van der Waals surface area contributed by atoms with Crippen LogP contribution in [0.3, 0.4) is 0 Å². The Bertz CT molecular complexity index is 554. The molecule has 22 heavy (non-hydrogen) atoms. The van der Waals surface area contributed by atoms with E-state index in [2.05, 4.69) is 22.6 Å². The maximum atomic E-state index is 12.1. The number of hydrogen-bond donors (Lipinski definition) is 1. The molecule has 1 aromatic heterocycles. The van der Waals surface area contributed by atoms with Crippen LogP contribution in [0.5, 0.6) is 0 Å². The lowest BCUT2D eigenvalue weighted by atomic mass is 10.2. The highest BCUT2D eigenvalue weighted by molar-refractivity contribution is 7.09. The highest BCUT2D eigenvalue weighted by atomic mass is 32.1. The van der Waals surface area contributed by atoms with Crippen molar-refractivity contribution in [3.8, 4) is 0 Å². The molecule has 1 amide bonds. The van der Waals surface area contributed by atoms with Crippen molar-refractivity contribution in [2.45, 2.75) is 52.3 Å². The summed E-state index contributed by atoms with van der Waals surface area (Å²) in [5.74, 6) is 1.13. The standard InChI is InChI=1S/C16H25N3O2S/c1-9(13-8-22-10(2)18-13)17-14-11-6-19(7-12(11)14)15(20)21-16(3,4)5/h8-9,11-12,14,17H,6-7H2,1-5H3. The van der Waals surface area contributed by atoms with Crippen LogP contribution in [-0.4, -0.2) is 40.7 Å². The smallest absolute Gasteiger partial charge is 0.410 e. The number of thiazole rings is 1. The molecule has 0 spiro atoms. The van der Waals surface area contributed by atoms with Gasteiger partial charge < -0.3 is 15.0 Å². The summed E-state index contributed by atoms with van der Waals surface area (Å²) in [5.41, 5.74) is 0.704. The number of aryl methyl sites for hydroxylation is 1. The van der Waals surface area contributed by atoms with Crippen LogP contribution in [0.2, 0.25) is 0 Å². The van der Waals surface area contributed by atoms with E-state index in [1.807, 2.05) is 32.6 Å². The minimum atomic E-state index is -0.418. The molecular weight excluding hydrogens is 298 g/mol. The fourth-order valence-electron chi connectivity index (χ4n) is 3.20. The van der Waals surface area contributed by atoms with Gasteiger partial charge in [-0.1, -0.05) is 0 Å². The summed E-state index contributed by atoms with van der Waals surface area (Å²) in [7, 11) is 0. The molecule has 1 saturated heterocycles. The Kier molecular flexibility index (Phi) is 3.93. The second-order valence-electron chi connectivity index (χ2n) is 7.42. The second-order valence-corrected chi connectivity index (χ2v) is 8.48. The summed E-state index contributed by atoms with van der Waals surface area (Å²) in [5, 5.41) is 6.89. The number of rotatable bonds is 3. The first-order valence-corrected chi connectivity index (χ1v) is 8.78. The first-order valence-electron chi connectivity index (χ1n) is 7.90. The van der Waals surface area contributed by atoms with Gasteiger partial charge in [0.05, 0.1) is 10.7 Å². The van der Waals surface area contributed by atoms with Crippen LogP contribution in [-0.2, 0) is 4.74 Å². The van der Waals surface area contributed by atoms with Gasteiger partial charge in [0.1, 0.15) is 5.60 Å². The molecule has 122 valence electrons. The lowest BCUT2D eigenvalue weighted by Crippen LogP contribution is -2.39. The maximum absolute atomic E-state index is 12.1. The molecule has 2 aliphatic rings. The number of ether oxygens (including phenoxy) is 1. The molecule has 0 aromatic carbocycles. The average molecular weight is 323 g/mol. The summed E-state index contributed by atoms with van der Waals surface area (Å²) in [6, 6.07) is 0.784. The van der Waals surface area contributed by atoms with Crippen molar-refractivity contribution in [1.82, 2.24) is 15.2 Å². The Morgan fingerprint density at radius 1 is 1.45 bits per heavy atom. The Balaban J connectivity index is 1.48. The van der Waals surface area contributed by atoms with Gasteiger partial charge in [-0.05, 0) is 46.5 Å². The Hall–Kier alpha value is -1.14. The molecule has 1 saturated carbocycles. The van der Waals surface area contributed by atoms with Crippen molar-refractivity contribution in [3.05, 3.63) is 16.1 Å². The van der Waals surface area contributed by atoms with Crippen molar-refractivity contribution >= 4 is 17.4 Å². The van der Waals surface area contributed by atoms with Gasteiger partial charge in [-0.15, -0.1) is 11.3 Å². The SMILES string of the molecule is Cc1nc(C(C)NC2C3CN(C(=O)OC(C)(C)C)CC32)cs1. The molecule has 3 rings (SSSR count). The molecule has 1 aliphatic carbocycles. The summed E-state index contributed by atoms with van der Waals surface area (Å²) in [6.45, 7) is 11.5. The van der Waals surface area contributed by atoms with Crippen molar-refractivity contribution in [3.63, 3.8) is 0 Å². The van der Waals surface area contributed by atoms with E-state index < -0.39 is 5.60 Å². The normalized spacial score (nSPS) is 28.4. The average Bonchev–Trinajstić information content (AvgIpc) is 2.83. The summed E-state index contributed by atoms with van der Waals surface area (Å²) >= 11 is 1.69. The number of amides is 1. The molecule has 2 fully saturated rings. The van der Waals surface area contributed by atoms with Gasteiger partial charge in [-0.25, -0.2) is 9.78 Å². The Morgan fingerprint density at radius 2 is 2.09 bits per heavy atom. The van der Waals surface area contributed by atoms with Crippen LogP contribution >= 0.6 is 11.3 Å². The zero-order chi connectivity index (χ0) is 16.1. The van der Waals surface area contributed by atoms with Crippen molar-refractivity contribution in [2.24, 2.45) is 11.8 Å². The van der Waals surface area contributed by atoms with E-state index in [9.17, 15) is 4.79 Å². The molecule has 6 heteroatoms. The van der Waals surface area contributed by atoms with E-state index in [-0.39, 0.29) is 12.1 Å². The van der Waals surface area contributed by atoms with Crippen LogP contribution in [0.25, 0.3) is 0 Å². The zero-order valence-corrected chi connectivity index (χ0v) is 14.7. The fraction of sp³-hybridized carbons (Fsp3) is 0.750. The number of fused-ring (bicyclic) bond motifs is 1. The zero-order valence-electron chi connectivity index (χ0n) is 13.9. The van der Waals surface area contributed by atoms with Crippen LogP contribution in [0.15, 0.2) is 5.38 Å². The van der Waals surface area contributed by atoms with Crippen molar-refractivity contribution in [1.29, 1.82) is 0 Å². The molecule has 3 atom stereocenters. The van der Waals surface area contributed by atoms with Gasteiger partial charge >= 0.3 is 6.09 Å². The van der Waals surface area contributed by atoms with E-state index in [1.165, 1.54) is 0 Å². The first-order chi connectivity index (χ1) is 10.2. The summed E-state index contributed by atoms with van der Waals surface area (Å²) in [4.78, 5) is 18.4. The molecule has 1 N–H and O–H groups in total. The number of hydrogen-bond acceptors (Lipinski definition) is 5. The first kappa shape index (κ1) is 15.7. The van der Waals surface area contributed by atoms with Crippen LogP contribution in [0.4, 0.5) is 4.79 Å². The van der Waals surface area contributed by atoms with Crippen molar-refractivity contribution in [2.75, 3.05) is 13.1 Å². The molecule has 1 aliphatic heterocycles. The molecule has 0 radical (unpaired) electrons. The third kappa shape index (κ3) is 3.27. The predicted molar refractivity (Wildman–Crippen MR) is 87.0 cm³/mol. The van der Waals surface area contributed by atoms with Gasteiger partial charge in [-0.2, -0.15) is 0 Å². The van der Waals surface area contributed by atoms with Gasteiger partial charge in [0.25, 0.3) is 0 Å². The van der Waals surface area contributed by atoms with Crippen LogP contribution in [0, 0.1) is 18.8 Å². The number of piperidine rings is 1. The number of aromatic nitrogens is 1. The van der Waals surface area contributed by atoms with Gasteiger partial charge in [-0.3, -0.25) is 0 Å². The van der Waals surface area contributed by atoms with E-state index in [4.69, 9.17) is 4.74 Å². The highest BCUT2D eigenvalue weighted by Crippen LogP contribution is 2.46. The monoisotopic (exact) mass is 323 g/mol. The van der Waals surface area contributed by atoms with E-state index >= 15 is 0 Å². The summed E-state index contributed by atoms with van der Waals surface area (Å²) in [6.07, 6.45) is -0.179. The molecule has 2 heterocycles. The minimum absolute atomic E-state index is 0.179. The number of nitrogens with zero attached hydrogens (tertiary/aromatic N) is 2. The second kappa shape index (κ2) is 5.49. The largest absolute Gasteiger partial charge is 0.444 e.